The average Bonchev–Trinajstić information content (AvgIpc) is 3.28. The number of carbonyl (C=O) groups excluding carboxylic acids is 1. The lowest BCUT2D eigenvalue weighted by Gasteiger charge is -2.14. The molecule has 2 aromatic carbocycles. The van der Waals surface area contributed by atoms with Gasteiger partial charge in [-0.25, -0.2) is 10.4 Å². The number of hydrogen-bond donors (Lipinski definition) is 1. The van der Waals surface area contributed by atoms with Crippen LogP contribution in [0.2, 0.25) is 0 Å². The molecule has 0 spiro atoms. The highest BCUT2D eigenvalue weighted by Crippen LogP contribution is 2.33. The topological polar surface area (TPSA) is 85.6 Å². The largest absolute Gasteiger partial charge is 0.489 e. The van der Waals surface area contributed by atoms with Crippen molar-refractivity contribution in [3.05, 3.63) is 92.3 Å². The van der Waals surface area contributed by atoms with Gasteiger partial charge in [0.15, 0.2) is 0 Å². The van der Waals surface area contributed by atoms with Crippen LogP contribution in [0.3, 0.4) is 0 Å². The predicted molar refractivity (Wildman–Crippen MR) is 143 cm³/mol. The Labute approximate surface area is 213 Å². The number of carbonyl (C=O) groups is 1. The second kappa shape index (κ2) is 10.5. The van der Waals surface area contributed by atoms with Gasteiger partial charge in [0.2, 0.25) is 0 Å². The van der Waals surface area contributed by atoms with Gasteiger partial charge < -0.3 is 4.74 Å². The third-order valence-corrected chi connectivity index (χ3v) is 7.69. The maximum absolute atomic E-state index is 13.2. The van der Waals surface area contributed by atoms with Crippen LogP contribution in [0, 0.1) is 6.92 Å². The zero-order valence-electron chi connectivity index (χ0n) is 20.4. The molecule has 0 radical (unpaired) electrons. The van der Waals surface area contributed by atoms with Crippen molar-refractivity contribution in [3.8, 4) is 5.75 Å². The summed E-state index contributed by atoms with van der Waals surface area (Å²) in [6, 6.07) is 15.0. The molecule has 0 fully saturated rings. The highest BCUT2D eigenvalue weighted by atomic mass is 32.1. The number of amides is 1. The molecule has 1 amide bonds. The Morgan fingerprint density at radius 1 is 1.17 bits per heavy atom. The fraction of sp³-hybridized carbons (Fsp3) is 0.286. The number of aryl methyl sites for hydroxylation is 3. The van der Waals surface area contributed by atoms with Crippen molar-refractivity contribution in [3.63, 3.8) is 0 Å². The minimum atomic E-state index is -0.733. The molecule has 0 saturated heterocycles. The lowest BCUT2D eigenvalue weighted by Crippen LogP contribution is -2.34. The van der Waals surface area contributed by atoms with Gasteiger partial charge in [-0.15, -0.1) is 11.3 Å². The van der Waals surface area contributed by atoms with Gasteiger partial charge in [-0.05, 0) is 80.5 Å². The Bertz CT molecular complexity index is 1470. The summed E-state index contributed by atoms with van der Waals surface area (Å²) in [5.74, 6) is 0.375. The summed E-state index contributed by atoms with van der Waals surface area (Å²) in [6.45, 7) is 4.23. The van der Waals surface area contributed by atoms with E-state index in [2.05, 4.69) is 46.7 Å². The first-order chi connectivity index (χ1) is 17.5. The summed E-state index contributed by atoms with van der Waals surface area (Å²) < 4.78 is 7.23. The molecule has 0 aliphatic heterocycles. The molecule has 1 aliphatic rings. The molecule has 4 aromatic rings. The quantitative estimate of drug-likeness (QED) is 0.288. The number of nitrogens with zero attached hydrogens (tertiary/aromatic N) is 3. The van der Waals surface area contributed by atoms with Crippen molar-refractivity contribution in [2.45, 2.75) is 52.2 Å². The lowest BCUT2D eigenvalue weighted by atomic mass is 9.97. The van der Waals surface area contributed by atoms with Gasteiger partial charge in [-0.3, -0.25) is 14.2 Å². The first-order valence-electron chi connectivity index (χ1n) is 12.1. The van der Waals surface area contributed by atoms with Crippen molar-refractivity contribution >= 4 is 33.7 Å². The Morgan fingerprint density at radius 3 is 2.69 bits per heavy atom. The minimum Gasteiger partial charge on any atom is -0.489 e. The van der Waals surface area contributed by atoms with Crippen LogP contribution in [0.25, 0.3) is 10.2 Å². The summed E-state index contributed by atoms with van der Waals surface area (Å²) >= 11 is 1.60. The van der Waals surface area contributed by atoms with Gasteiger partial charge in [0, 0.05) is 4.88 Å². The molecule has 2 heterocycles. The van der Waals surface area contributed by atoms with E-state index in [-0.39, 0.29) is 11.5 Å². The highest BCUT2D eigenvalue weighted by Gasteiger charge is 2.23. The van der Waals surface area contributed by atoms with Crippen LogP contribution in [0.15, 0.2) is 64.8 Å². The van der Waals surface area contributed by atoms with E-state index < -0.39 is 6.04 Å². The summed E-state index contributed by atoms with van der Waals surface area (Å²) in [5.41, 5.74) is 6.64. The fourth-order valence-corrected chi connectivity index (χ4v) is 5.55. The number of thiophene rings is 1. The molecule has 1 N–H and O–H groups in total. The number of hydrazone groups is 1. The van der Waals surface area contributed by atoms with Gasteiger partial charge in [0.1, 0.15) is 23.2 Å². The van der Waals surface area contributed by atoms with Crippen LogP contribution in [0.5, 0.6) is 5.75 Å². The molecule has 2 aromatic heterocycles. The van der Waals surface area contributed by atoms with Crippen LogP contribution in [0.1, 0.15) is 52.9 Å². The summed E-state index contributed by atoms with van der Waals surface area (Å²) in [6.07, 6.45) is 7.16. The third-order valence-electron chi connectivity index (χ3n) is 6.49. The molecule has 1 atom stereocenters. The van der Waals surface area contributed by atoms with Crippen LogP contribution in [-0.2, 0) is 24.2 Å². The predicted octanol–water partition coefficient (Wildman–Crippen LogP) is 4.94. The maximum atomic E-state index is 13.2. The number of nitrogens with one attached hydrogen (secondary N) is 1. The van der Waals surface area contributed by atoms with Crippen molar-refractivity contribution in [1.29, 1.82) is 0 Å². The van der Waals surface area contributed by atoms with Crippen molar-refractivity contribution in [2.75, 3.05) is 0 Å². The monoisotopic (exact) mass is 500 g/mol. The van der Waals surface area contributed by atoms with Gasteiger partial charge in [-0.2, -0.15) is 5.10 Å². The highest BCUT2D eigenvalue weighted by molar-refractivity contribution is 7.18. The van der Waals surface area contributed by atoms with Crippen molar-refractivity contribution in [2.24, 2.45) is 5.10 Å². The second-order valence-electron chi connectivity index (χ2n) is 9.10. The number of aromatic nitrogens is 2. The van der Waals surface area contributed by atoms with E-state index in [4.69, 9.17) is 4.74 Å². The van der Waals surface area contributed by atoms with E-state index in [1.54, 1.807) is 24.5 Å². The molecule has 1 aliphatic carbocycles. The normalized spacial score (nSPS) is 14.1. The molecule has 8 heteroatoms. The minimum absolute atomic E-state index is 0.160. The molecule has 7 nitrogen and oxygen atoms in total. The smallest absolute Gasteiger partial charge is 0.263 e. The molecule has 0 saturated carbocycles. The Hall–Kier alpha value is -3.78. The summed E-state index contributed by atoms with van der Waals surface area (Å²) in [4.78, 5) is 32.4. The molecule has 184 valence electrons. The van der Waals surface area contributed by atoms with E-state index in [9.17, 15) is 9.59 Å². The standard InChI is InChI=1S/C28H28N4O3S/c1-18-7-9-21(10-8-18)16-35-22-13-11-20(12-14-22)15-30-31-26(33)19(2)32-17-29-27-25(28(32)34)23-5-3-4-6-24(23)36-27/h7-15,17,19H,3-6,16H2,1-2H3,(H,31,33)/b30-15-/t19-/m0/s1. The number of fused-ring (bicyclic) bond motifs is 3. The van der Waals surface area contributed by atoms with Gasteiger partial charge in [-0.1, -0.05) is 29.8 Å². The molecular weight excluding hydrogens is 472 g/mol. The number of hydrogen-bond acceptors (Lipinski definition) is 6. The Balaban J connectivity index is 1.20. The zero-order valence-corrected chi connectivity index (χ0v) is 21.2. The molecule has 0 unspecified atom stereocenters. The number of benzene rings is 2. The van der Waals surface area contributed by atoms with Crippen molar-refractivity contribution < 1.29 is 9.53 Å². The van der Waals surface area contributed by atoms with E-state index in [0.29, 0.717) is 12.0 Å². The third kappa shape index (κ3) is 5.09. The summed E-state index contributed by atoms with van der Waals surface area (Å²) in [7, 11) is 0. The number of rotatable bonds is 7. The van der Waals surface area contributed by atoms with Crippen LogP contribution >= 0.6 is 11.3 Å². The second-order valence-corrected chi connectivity index (χ2v) is 10.2. The van der Waals surface area contributed by atoms with Gasteiger partial charge in [0.05, 0.1) is 17.9 Å². The first-order valence-corrected chi connectivity index (χ1v) is 12.9. The summed E-state index contributed by atoms with van der Waals surface area (Å²) in [5, 5.41) is 4.74. The zero-order chi connectivity index (χ0) is 25.1. The average molecular weight is 501 g/mol. The van der Waals surface area contributed by atoms with Crippen LogP contribution < -0.4 is 15.7 Å². The fourth-order valence-electron chi connectivity index (χ4n) is 4.33. The molecular formula is C28H28N4O3S. The van der Waals surface area contributed by atoms with Gasteiger partial charge in [0.25, 0.3) is 11.5 Å². The van der Waals surface area contributed by atoms with Crippen LogP contribution in [0.4, 0.5) is 0 Å². The SMILES string of the molecule is Cc1ccc(COc2ccc(/C=N\NC(=O)[C@H](C)n3cnc4sc5c(c4c3=O)CCCC5)cc2)cc1. The Morgan fingerprint density at radius 2 is 1.92 bits per heavy atom. The van der Waals surface area contributed by atoms with E-state index >= 15 is 0 Å². The molecule has 5 rings (SSSR count). The lowest BCUT2D eigenvalue weighted by molar-refractivity contribution is -0.123. The van der Waals surface area contributed by atoms with E-state index in [1.807, 2.05) is 24.3 Å². The van der Waals surface area contributed by atoms with E-state index in [0.717, 1.165) is 53.0 Å². The molecule has 36 heavy (non-hydrogen) atoms. The van der Waals surface area contributed by atoms with E-state index in [1.165, 1.54) is 21.3 Å². The maximum Gasteiger partial charge on any atom is 0.263 e. The Kier molecular flexibility index (Phi) is 6.95. The van der Waals surface area contributed by atoms with Gasteiger partial charge >= 0.3 is 0 Å². The van der Waals surface area contributed by atoms with Crippen molar-refractivity contribution in [1.82, 2.24) is 15.0 Å². The first kappa shape index (κ1) is 23.9. The number of ether oxygens (including phenoxy) is 1. The van der Waals surface area contributed by atoms with Crippen LogP contribution in [-0.4, -0.2) is 21.7 Å². The molecule has 0 bridgehead atoms.